The molecule has 1 aliphatic carbocycles. The van der Waals surface area contributed by atoms with Gasteiger partial charge in [-0.05, 0) is 80.7 Å². The molecule has 2 aromatic rings. The van der Waals surface area contributed by atoms with Gasteiger partial charge in [0.1, 0.15) is 6.07 Å². The number of thiophene rings is 1. The van der Waals surface area contributed by atoms with Gasteiger partial charge in [-0.1, -0.05) is 6.07 Å². The summed E-state index contributed by atoms with van der Waals surface area (Å²) < 4.78 is 6.15. The molecule has 1 aromatic heterocycles. The number of hydrogen-bond donors (Lipinski definition) is 0. The number of nitrogens with zero attached hydrogens (tertiary/aromatic N) is 3. The summed E-state index contributed by atoms with van der Waals surface area (Å²) in [5.74, 6) is 0.788. The minimum Gasteiger partial charge on any atom is -0.371 e. The maximum atomic E-state index is 13.1. The molecule has 174 valence electrons. The van der Waals surface area contributed by atoms with Crippen LogP contribution in [0.1, 0.15) is 73.6 Å². The van der Waals surface area contributed by atoms with E-state index in [-0.39, 0.29) is 23.6 Å². The molecule has 2 fully saturated rings. The molecule has 5 nitrogen and oxygen atoms in total. The van der Waals surface area contributed by atoms with Crippen molar-refractivity contribution in [3.05, 3.63) is 50.7 Å². The second-order valence-electron chi connectivity index (χ2n) is 10.6. The molecular weight excluding hydrogens is 430 g/mol. The number of fused-ring (bicyclic) bond motifs is 1. The van der Waals surface area contributed by atoms with Crippen LogP contribution in [0.15, 0.2) is 23.6 Å². The Morgan fingerprint density at radius 3 is 2.70 bits per heavy atom. The Morgan fingerprint density at radius 1 is 1.24 bits per heavy atom. The van der Waals surface area contributed by atoms with Gasteiger partial charge in [0, 0.05) is 36.5 Å². The predicted molar refractivity (Wildman–Crippen MR) is 132 cm³/mol. The molecule has 2 atom stereocenters. The van der Waals surface area contributed by atoms with Crippen molar-refractivity contribution in [2.24, 2.45) is 0 Å². The van der Waals surface area contributed by atoms with Gasteiger partial charge in [-0.15, -0.1) is 11.3 Å². The molecule has 5 rings (SSSR count). The Balaban J connectivity index is 1.46. The molecule has 3 aliphatic rings. The maximum Gasteiger partial charge on any atom is 0.228 e. The first kappa shape index (κ1) is 22.4. The summed E-state index contributed by atoms with van der Waals surface area (Å²) in [5.41, 5.74) is 5.42. The van der Waals surface area contributed by atoms with Crippen LogP contribution in [0.4, 0.5) is 5.69 Å². The summed E-state index contributed by atoms with van der Waals surface area (Å²) in [7, 11) is 0. The number of rotatable bonds is 4. The van der Waals surface area contributed by atoms with Gasteiger partial charge in [0.05, 0.1) is 29.9 Å². The monoisotopic (exact) mass is 463 g/mol. The van der Waals surface area contributed by atoms with Crippen LogP contribution >= 0.6 is 11.3 Å². The van der Waals surface area contributed by atoms with Crippen molar-refractivity contribution >= 4 is 22.9 Å². The summed E-state index contributed by atoms with van der Waals surface area (Å²) in [4.78, 5) is 18.6. The van der Waals surface area contributed by atoms with Crippen LogP contribution in [0.3, 0.4) is 0 Å². The number of carbonyl (C=O) groups excluding carboxylic acids is 1. The molecule has 0 spiro atoms. The normalized spacial score (nSPS) is 24.3. The van der Waals surface area contributed by atoms with E-state index in [0.717, 1.165) is 29.1 Å². The molecule has 3 heterocycles. The molecule has 6 heteroatoms. The second kappa shape index (κ2) is 8.45. The first-order chi connectivity index (χ1) is 15.8. The van der Waals surface area contributed by atoms with Crippen molar-refractivity contribution in [1.82, 2.24) is 4.90 Å². The third-order valence-electron chi connectivity index (χ3n) is 7.42. The molecule has 0 unspecified atom stereocenters. The zero-order chi connectivity index (χ0) is 23.3. The van der Waals surface area contributed by atoms with Crippen LogP contribution < -0.4 is 4.90 Å². The van der Waals surface area contributed by atoms with E-state index in [0.29, 0.717) is 25.5 Å². The quantitative estimate of drug-likeness (QED) is 0.639. The molecule has 0 bridgehead atoms. The Kier molecular flexibility index (Phi) is 5.74. The Hall–Kier alpha value is -2.36. The lowest BCUT2D eigenvalue weighted by Gasteiger charge is -2.46. The molecule has 2 aliphatic heterocycles. The van der Waals surface area contributed by atoms with Crippen LogP contribution in [0.25, 0.3) is 0 Å². The lowest BCUT2D eigenvalue weighted by molar-refractivity contribution is -0.133. The average Bonchev–Trinajstić information content (AvgIpc) is 3.49. The summed E-state index contributed by atoms with van der Waals surface area (Å²) in [6, 6.07) is 9.13. The largest absolute Gasteiger partial charge is 0.371 e. The number of benzene rings is 1. The average molecular weight is 464 g/mol. The zero-order valence-electron chi connectivity index (χ0n) is 20.1. The van der Waals surface area contributed by atoms with Crippen molar-refractivity contribution in [2.75, 3.05) is 18.0 Å². The second-order valence-corrected chi connectivity index (χ2v) is 11.6. The Bertz CT molecular complexity index is 1100. The smallest absolute Gasteiger partial charge is 0.228 e. The van der Waals surface area contributed by atoms with Gasteiger partial charge in [-0.3, -0.25) is 4.79 Å². The van der Waals surface area contributed by atoms with Gasteiger partial charge in [0.15, 0.2) is 0 Å². The third kappa shape index (κ3) is 4.29. The number of nitriles is 1. The topological polar surface area (TPSA) is 56.6 Å². The first-order valence-corrected chi connectivity index (χ1v) is 13.0. The highest BCUT2D eigenvalue weighted by atomic mass is 32.1. The first-order valence-electron chi connectivity index (χ1n) is 12.1. The number of piperazine rings is 1. The summed E-state index contributed by atoms with van der Waals surface area (Å²) in [6.07, 6.45) is 3.68. The Labute approximate surface area is 201 Å². The van der Waals surface area contributed by atoms with Gasteiger partial charge < -0.3 is 14.5 Å². The fourth-order valence-corrected chi connectivity index (χ4v) is 6.18. The minimum absolute atomic E-state index is 0.0976. The predicted octanol–water partition coefficient (Wildman–Crippen LogP) is 5.02. The highest BCUT2D eigenvalue weighted by molar-refractivity contribution is 7.10. The van der Waals surface area contributed by atoms with Crippen molar-refractivity contribution in [1.29, 1.82) is 5.26 Å². The van der Waals surface area contributed by atoms with Gasteiger partial charge >= 0.3 is 0 Å². The zero-order valence-corrected chi connectivity index (χ0v) is 20.9. The summed E-state index contributed by atoms with van der Waals surface area (Å²) >= 11 is 1.64. The number of amides is 1. The SMILES string of the molecule is C[C@@H]1CN(c2cc(C3CC3)c3c(c2C#N)CC(C)(C)OC3)[C@@H](C)CN1C(=O)Cc1cccs1. The van der Waals surface area contributed by atoms with E-state index in [1.807, 2.05) is 22.4 Å². The fourth-order valence-electron chi connectivity index (χ4n) is 5.48. The fraction of sp³-hybridized carbons (Fsp3) is 0.556. The van der Waals surface area contributed by atoms with Crippen molar-refractivity contribution < 1.29 is 9.53 Å². The van der Waals surface area contributed by atoms with Crippen LogP contribution in [0.2, 0.25) is 0 Å². The lowest BCUT2D eigenvalue weighted by Crippen LogP contribution is -2.58. The summed E-state index contributed by atoms with van der Waals surface area (Å²) in [5, 5.41) is 12.3. The molecule has 0 N–H and O–H groups in total. The highest BCUT2D eigenvalue weighted by Crippen LogP contribution is 2.47. The van der Waals surface area contributed by atoms with Gasteiger partial charge in [0.2, 0.25) is 5.91 Å². The van der Waals surface area contributed by atoms with Crippen LogP contribution in [0, 0.1) is 11.3 Å². The molecule has 1 saturated heterocycles. The molecule has 0 radical (unpaired) electrons. The van der Waals surface area contributed by atoms with E-state index in [1.54, 1.807) is 11.3 Å². The van der Waals surface area contributed by atoms with E-state index in [1.165, 1.54) is 29.5 Å². The van der Waals surface area contributed by atoms with E-state index in [4.69, 9.17) is 4.74 Å². The number of hydrogen-bond acceptors (Lipinski definition) is 5. The molecule has 1 amide bonds. The van der Waals surface area contributed by atoms with E-state index < -0.39 is 0 Å². The Morgan fingerprint density at radius 2 is 2.03 bits per heavy atom. The number of carbonyl (C=O) groups is 1. The van der Waals surface area contributed by atoms with Crippen molar-refractivity contribution in [2.45, 2.75) is 83.6 Å². The van der Waals surface area contributed by atoms with Crippen LogP contribution in [0.5, 0.6) is 0 Å². The van der Waals surface area contributed by atoms with Crippen LogP contribution in [-0.4, -0.2) is 41.6 Å². The van der Waals surface area contributed by atoms with Gasteiger partial charge in [-0.25, -0.2) is 0 Å². The van der Waals surface area contributed by atoms with Crippen LogP contribution in [-0.2, 0) is 29.0 Å². The number of ether oxygens (including phenoxy) is 1. The molecule has 1 saturated carbocycles. The number of anilines is 1. The van der Waals surface area contributed by atoms with Gasteiger partial charge in [-0.2, -0.15) is 5.26 Å². The molecule has 33 heavy (non-hydrogen) atoms. The van der Waals surface area contributed by atoms with Crippen molar-refractivity contribution in [3.8, 4) is 6.07 Å². The van der Waals surface area contributed by atoms with E-state index in [2.05, 4.69) is 44.7 Å². The molecule has 1 aromatic carbocycles. The van der Waals surface area contributed by atoms with Crippen molar-refractivity contribution in [3.63, 3.8) is 0 Å². The minimum atomic E-state index is -0.260. The highest BCUT2D eigenvalue weighted by Gasteiger charge is 2.38. The van der Waals surface area contributed by atoms with E-state index >= 15 is 0 Å². The maximum absolute atomic E-state index is 13.1. The lowest BCUT2D eigenvalue weighted by atomic mass is 9.83. The standard InChI is InChI=1S/C27H33N3O2S/c1-17-15-30(26(31)10-20-6-5-9-33-20)18(2)14-29(17)25-11-21(19-7-8-19)24-16-32-27(3,4)12-22(24)23(25)13-28/h5-6,9,11,17-19H,7-8,10,12,14-16H2,1-4H3/t17-,18+/m0/s1. The van der Waals surface area contributed by atoms with Gasteiger partial charge in [0.25, 0.3) is 0 Å². The molecular formula is C27H33N3O2S. The summed E-state index contributed by atoms with van der Waals surface area (Å²) in [6.45, 7) is 10.6. The van der Waals surface area contributed by atoms with E-state index in [9.17, 15) is 10.1 Å². The third-order valence-corrected chi connectivity index (χ3v) is 8.30.